The second-order valence-electron chi connectivity index (χ2n) is 9.70. The Morgan fingerprint density at radius 1 is 1.03 bits per heavy atom. The van der Waals surface area contributed by atoms with Crippen LogP contribution in [0.15, 0.2) is 59.1 Å². The summed E-state index contributed by atoms with van der Waals surface area (Å²) in [6, 6.07) is 13.0. The number of hydrogen-bond acceptors (Lipinski definition) is 8. The lowest BCUT2D eigenvalue weighted by Crippen LogP contribution is -2.49. The highest BCUT2D eigenvalue weighted by Gasteiger charge is 2.24. The Kier molecular flexibility index (Phi) is 7.66. The minimum absolute atomic E-state index is 0.0470. The Morgan fingerprint density at radius 3 is 2.41 bits per heavy atom. The molecule has 0 aliphatic carbocycles. The molecule has 1 fully saturated rings. The number of carbonyl (C=O) groups is 1. The molecule has 11 heteroatoms. The van der Waals surface area contributed by atoms with Gasteiger partial charge in [0.2, 0.25) is 5.91 Å². The lowest BCUT2D eigenvalue weighted by atomic mass is 9.99. The largest absolute Gasteiger partial charge is 0.362 e. The average molecular weight is 580 g/mol. The number of thiophene rings is 1. The van der Waals surface area contributed by atoms with Gasteiger partial charge in [-0.15, -0.1) is 11.3 Å². The van der Waals surface area contributed by atoms with Gasteiger partial charge in [-0.2, -0.15) is 0 Å². The molecule has 1 amide bonds. The van der Waals surface area contributed by atoms with Gasteiger partial charge in [0.1, 0.15) is 17.0 Å². The monoisotopic (exact) mass is 579 g/mol. The average Bonchev–Trinajstić information content (AvgIpc) is 3.32. The summed E-state index contributed by atoms with van der Waals surface area (Å²) in [5, 5.41) is 3.28. The van der Waals surface area contributed by atoms with Gasteiger partial charge in [-0.1, -0.05) is 48.1 Å². The zero-order valence-corrected chi connectivity index (χ0v) is 24.4. The number of fused-ring (bicyclic) bond motifs is 1. The molecule has 3 heterocycles. The van der Waals surface area contributed by atoms with E-state index in [0.717, 1.165) is 52.8 Å². The molecule has 4 aromatic rings. The molecule has 0 saturated carbocycles. The molecule has 1 saturated heterocycles. The molecule has 202 valence electrons. The summed E-state index contributed by atoms with van der Waals surface area (Å²) in [6.45, 7) is 8.51. The van der Waals surface area contributed by atoms with E-state index in [1.165, 1.54) is 41.3 Å². The molecule has 2 aromatic heterocycles. The van der Waals surface area contributed by atoms with Crippen LogP contribution < -0.4 is 9.62 Å². The first-order valence-electron chi connectivity index (χ1n) is 12.6. The number of thiocarbonyl (C=S) groups is 1. The van der Waals surface area contributed by atoms with E-state index in [2.05, 4.69) is 52.2 Å². The van der Waals surface area contributed by atoms with Crippen LogP contribution >= 0.6 is 23.6 Å². The van der Waals surface area contributed by atoms with Crippen molar-refractivity contribution in [1.82, 2.24) is 19.6 Å². The van der Waals surface area contributed by atoms with Crippen LogP contribution in [0.5, 0.6) is 0 Å². The molecule has 0 unspecified atom stereocenters. The second kappa shape index (κ2) is 11.0. The van der Waals surface area contributed by atoms with Gasteiger partial charge in [0.15, 0.2) is 0 Å². The zero-order chi connectivity index (χ0) is 27.7. The molecule has 39 heavy (non-hydrogen) atoms. The number of nitrogens with one attached hydrogen (secondary N) is 1. The number of piperazine rings is 1. The van der Waals surface area contributed by atoms with Crippen molar-refractivity contribution in [2.75, 3.05) is 31.1 Å². The second-order valence-corrected chi connectivity index (χ2v) is 12.7. The van der Waals surface area contributed by atoms with Crippen molar-refractivity contribution >= 4 is 60.5 Å². The van der Waals surface area contributed by atoms with Crippen molar-refractivity contribution < 1.29 is 13.2 Å². The molecule has 8 nitrogen and oxygen atoms in total. The summed E-state index contributed by atoms with van der Waals surface area (Å²) in [5.74, 6) is 0.334. The fraction of sp³-hybridized carbons (Fsp3) is 0.286. The maximum atomic E-state index is 12.2. The van der Waals surface area contributed by atoms with E-state index >= 15 is 0 Å². The molecule has 0 radical (unpaired) electrons. The van der Waals surface area contributed by atoms with Gasteiger partial charge in [0, 0.05) is 50.5 Å². The van der Waals surface area contributed by atoms with Crippen LogP contribution in [0.25, 0.3) is 21.3 Å². The van der Waals surface area contributed by atoms with E-state index < -0.39 is 15.9 Å². The number of aromatic nitrogens is 2. The van der Waals surface area contributed by atoms with Crippen molar-refractivity contribution in [3.05, 3.63) is 70.9 Å². The van der Waals surface area contributed by atoms with Crippen molar-refractivity contribution in [2.45, 2.75) is 32.1 Å². The van der Waals surface area contributed by atoms with Gasteiger partial charge < -0.3 is 9.80 Å². The third-order valence-corrected chi connectivity index (χ3v) is 9.56. The zero-order valence-electron chi connectivity index (χ0n) is 22.0. The van der Waals surface area contributed by atoms with Crippen molar-refractivity contribution in [1.29, 1.82) is 0 Å². The van der Waals surface area contributed by atoms with E-state index in [1.54, 1.807) is 29.8 Å². The summed E-state index contributed by atoms with van der Waals surface area (Å²) >= 11 is 7.40. The summed E-state index contributed by atoms with van der Waals surface area (Å²) in [6.07, 6.45) is 2.18. The van der Waals surface area contributed by atoms with E-state index in [4.69, 9.17) is 17.2 Å². The fourth-order valence-electron chi connectivity index (χ4n) is 4.90. The number of sulfonamides is 1. The number of aryl methyl sites for hydroxylation is 2. The van der Waals surface area contributed by atoms with Gasteiger partial charge in [-0.3, -0.25) is 4.79 Å². The highest BCUT2D eigenvalue weighted by Crippen LogP contribution is 2.39. The number of amides is 1. The summed E-state index contributed by atoms with van der Waals surface area (Å²) < 4.78 is 26.4. The molecule has 1 aliphatic rings. The lowest BCUT2D eigenvalue weighted by Gasteiger charge is -2.37. The highest BCUT2D eigenvalue weighted by atomic mass is 32.2. The Hall–Kier alpha value is -3.41. The Labute approximate surface area is 237 Å². The van der Waals surface area contributed by atoms with E-state index in [1.807, 2.05) is 4.72 Å². The molecule has 0 atom stereocenters. The van der Waals surface area contributed by atoms with Gasteiger partial charge in [-0.05, 0) is 42.7 Å². The van der Waals surface area contributed by atoms with E-state index in [0.29, 0.717) is 6.42 Å². The van der Waals surface area contributed by atoms with Crippen LogP contribution in [0.2, 0.25) is 0 Å². The van der Waals surface area contributed by atoms with E-state index in [9.17, 15) is 13.2 Å². The molecular weight excluding hydrogens is 551 g/mol. The number of carbonyl (C=O) groups excluding carboxylic acids is 1. The first-order valence-corrected chi connectivity index (χ1v) is 15.3. The maximum absolute atomic E-state index is 12.2. The predicted octanol–water partition coefficient (Wildman–Crippen LogP) is 4.49. The van der Waals surface area contributed by atoms with Crippen molar-refractivity contribution in [3.63, 3.8) is 0 Å². The van der Waals surface area contributed by atoms with Gasteiger partial charge >= 0.3 is 0 Å². The normalized spacial score (nSPS) is 14.0. The van der Waals surface area contributed by atoms with Gasteiger partial charge in [0.25, 0.3) is 10.0 Å². The summed E-state index contributed by atoms with van der Waals surface area (Å²) in [7, 11) is -3.85. The Bertz CT molecular complexity index is 1660. The highest BCUT2D eigenvalue weighted by molar-refractivity contribution is 7.90. The molecule has 1 aliphatic heterocycles. The number of nitrogens with zero attached hydrogens (tertiary/aromatic N) is 4. The Morgan fingerprint density at radius 2 is 1.74 bits per heavy atom. The lowest BCUT2D eigenvalue weighted by molar-refractivity contribution is -0.117. The van der Waals surface area contributed by atoms with Crippen LogP contribution in [0.1, 0.15) is 23.6 Å². The van der Waals surface area contributed by atoms with Crippen LogP contribution in [-0.2, 0) is 21.2 Å². The minimum atomic E-state index is -3.85. The molecule has 2 aromatic carbocycles. The number of hydrogen-bond donors (Lipinski definition) is 1. The number of anilines is 1. The van der Waals surface area contributed by atoms with Crippen molar-refractivity contribution in [2.24, 2.45) is 0 Å². The molecule has 5 rings (SSSR count). The minimum Gasteiger partial charge on any atom is -0.362 e. The third-order valence-electron chi connectivity index (χ3n) is 6.82. The standard InChI is InChI=1S/C28H29N5O3S3/c1-18-4-9-23(19(2)14-18)24-16-38-28-26(24)27(29-17-30-28)33-12-10-32(11-13-33)25(37)15-21-5-7-22(8-6-21)39(35,36)31-20(3)34/h4-9,14,16-17H,10-13,15H2,1-3H3,(H,31,34). The van der Waals surface area contributed by atoms with Gasteiger partial charge in [-0.25, -0.2) is 23.1 Å². The maximum Gasteiger partial charge on any atom is 0.264 e. The predicted molar refractivity (Wildman–Crippen MR) is 160 cm³/mol. The van der Waals surface area contributed by atoms with Crippen LogP contribution in [0.3, 0.4) is 0 Å². The SMILES string of the molecule is CC(=O)NS(=O)(=O)c1ccc(CC(=S)N2CCN(c3ncnc4scc(-c5ccc(C)cc5C)c34)CC2)cc1. The quantitative estimate of drug-likeness (QED) is 0.334. The third kappa shape index (κ3) is 5.80. The van der Waals surface area contributed by atoms with Gasteiger partial charge in [0.05, 0.1) is 15.3 Å². The summed E-state index contributed by atoms with van der Waals surface area (Å²) in [4.78, 5) is 26.8. The summed E-state index contributed by atoms with van der Waals surface area (Å²) in [5.41, 5.74) is 5.77. The molecular formula is C28H29N5O3S3. The smallest absolute Gasteiger partial charge is 0.264 e. The van der Waals surface area contributed by atoms with Crippen LogP contribution in [0.4, 0.5) is 5.82 Å². The first-order chi connectivity index (χ1) is 18.6. The van der Waals surface area contributed by atoms with E-state index in [-0.39, 0.29) is 4.90 Å². The first kappa shape index (κ1) is 27.2. The molecule has 0 spiro atoms. The fourth-order valence-corrected chi connectivity index (χ4v) is 7.14. The molecule has 0 bridgehead atoms. The Balaban J connectivity index is 1.28. The number of benzene rings is 2. The van der Waals surface area contributed by atoms with Crippen LogP contribution in [0, 0.1) is 13.8 Å². The molecule has 1 N–H and O–H groups in total. The van der Waals surface area contributed by atoms with Crippen LogP contribution in [-0.4, -0.2) is 60.4 Å². The number of rotatable bonds is 6. The van der Waals surface area contributed by atoms with Crippen molar-refractivity contribution in [3.8, 4) is 11.1 Å². The topological polar surface area (TPSA) is 95.5 Å².